The lowest BCUT2D eigenvalue weighted by Crippen LogP contribution is -2.52. The highest BCUT2D eigenvalue weighted by Gasteiger charge is 2.49. The van der Waals surface area contributed by atoms with Gasteiger partial charge in [-0.05, 0) is 47.1 Å². The monoisotopic (exact) mass is 246 g/mol. The molecule has 0 atom stereocenters. The lowest BCUT2D eigenvalue weighted by Gasteiger charge is -2.44. The van der Waals surface area contributed by atoms with Gasteiger partial charge in [0.25, 0.3) is 0 Å². The second-order valence-corrected chi connectivity index (χ2v) is 9.12. The van der Waals surface area contributed by atoms with Crippen molar-refractivity contribution in [2.24, 2.45) is 0 Å². The Balaban J connectivity index is 5.03. The minimum Gasteiger partial charge on any atom is -0.392 e. The van der Waals surface area contributed by atoms with Crippen LogP contribution in [0.2, 0.25) is 11.6 Å². The fourth-order valence-corrected chi connectivity index (χ4v) is 5.81. The predicted octanol–water partition coefficient (Wildman–Crippen LogP) is 4.49. The zero-order valence-electron chi connectivity index (χ0n) is 12.4. The van der Waals surface area contributed by atoms with Gasteiger partial charge >= 0.3 is 8.56 Å². The highest BCUT2D eigenvalue weighted by atomic mass is 28.4. The molecule has 0 amide bonds. The molecular weight excluding hydrogens is 216 g/mol. The minimum atomic E-state index is -2.13. The van der Waals surface area contributed by atoms with Gasteiger partial charge in [0.2, 0.25) is 0 Å². The van der Waals surface area contributed by atoms with E-state index in [9.17, 15) is 0 Å². The fraction of sp³-hybridized carbons (Fsp3) is 1.00. The molecule has 16 heavy (non-hydrogen) atoms. The summed E-state index contributed by atoms with van der Waals surface area (Å²) in [6, 6.07) is 0. The molecule has 0 unspecified atom stereocenters. The van der Waals surface area contributed by atoms with E-state index in [4.69, 9.17) is 8.85 Å². The van der Waals surface area contributed by atoms with E-state index < -0.39 is 8.56 Å². The van der Waals surface area contributed by atoms with E-state index in [-0.39, 0.29) is 17.2 Å². The summed E-state index contributed by atoms with van der Waals surface area (Å²) in [5, 5.41) is 0.196. The number of hydrogen-bond acceptors (Lipinski definition) is 2. The highest BCUT2D eigenvalue weighted by Crippen LogP contribution is 2.46. The molecule has 0 aromatic carbocycles. The summed E-state index contributed by atoms with van der Waals surface area (Å²) in [6.07, 6.45) is 2.72. The molecular formula is C13H30O2Si. The molecule has 0 fully saturated rings. The van der Waals surface area contributed by atoms with E-state index in [0.29, 0.717) is 0 Å². The van der Waals surface area contributed by atoms with Gasteiger partial charge in [-0.2, -0.15) is 0 Å². The Morgan fingerprint density at radius 3 is 1.44 bits per heavy atom. The molecule has 0 aliphatic carbocycles. The minimum absolute atomic E-state index is 0.196. The van der Waals surface area contributed by atoms with Crippen LogP contribution in [-0.4, -0.2) is 20.8 Å². The molecule has 3 heteroatoms. The van der Waals surface area contributed by atoms with Gasteiger partial charge in [0.1, 0.15) is 0 Å². The summed E-state index contributed by atoms with van der Waals surface area (Å²) < 4.78 is 12.4. The van der Waals surface area contributed by atoms with Gasteiger partial charge in [0, 0.05) is 17.2 Å². The smallest absolute Gasteiger partial charge is 0.341 e. The molecule has 0 saturated carbocycles. The van der Waals surface area contributed by atoms with Gasteiger partial charge in [-0.25, -0.2) is 0 Å². The zero-order valence-corrected chi connectivity index (χ0v) is 13.4. The fourth-order valence-electron chi connectivity index (χ4n) is 2.10. The van der Waals surface area contributed by atoms with Crippen molar-refractivity contribution in [3.63, 3.8) is 0 Å². The first-order valence-corrected chi connectivity index (χ1v) is 8.88. The molecule has 0 bridgehead atoms. The van der Waals surface area contributed by atoms with E-state index >= 15 is 0 Å². The van der Waals surface area contributed by atoms with Gasteiger partial charge in [-0.15, -0.1) is 0 Å². The molecule has 0 aliphatic heterocycles. The molecule has 0 heterocycles. The van der Waals surface area contributed by atoms with Crippen LogP contribution in [0.1, 0.15) is 61.3 Å². The van der Waals surface area contributed by atoms with Crippen LogP contribution >= 0.6 is 0 Å². The van der Waals surface area contributed by atoms with Crippen LogP contribution < -0.4 is 0 Å². The first-order chi connectivity index (χ1) is 7.20. The Labute approximate surface area is 103 Å². The summed E-state index contributed by atoms with van der Waals surface area (Å²) in [4.78, 5) is 0. The molecule has 98 valence electrons. The van der Waals surface area contributed by atoms with Crippen LogP contribution in [0.4, 0.5) is 0 Å². The summed E-state index contributed by atoms with van der Waals surface area (Å²) in [5.41, 5.74) is 0. The van der Waals surface area contributed by atoms with Crippen LogP contribution in [0.25, 0.3) is 0 Å². The first kappa shape index (κ1) is 16.1. The molecule has 0 N–H and O–H groups in total. The molecule has 2 nitrogen and oxygen atoms in total. The molecule has 0 spiro atoms. The van der Waals surface area contributed by atoms with Crippen LogP contribution in [0.5, 0.6) is 0 Å². The molecule has 0 aromatic heterocycles. The van der Waals surface area contributed by atoms with Gasteiger partial charge in [0.05, 0.1) is 0 Å². The third kappa shape index (κ3) is 3.86. The number of rotatable bonds is 7. The van der Waals surface area contributed by atoms with E-state index in [1.165, 1.54) is 0 Å². The Bertz CT molecular complexity index is 188. The third-order valence-electron chi connectivity index (χ3n) is 3.58. The second kappa shape index (κ2) is 6.17. The topological polar surface area (TPSA) is 18.5 Å². The lowest BCUT2D eigenvalue weighted by atomic mass is 10.1. The van der Waals surface area contributed by atoms with Gasteiger partial charge < -0.3 is 8.85 Å². The molecule has 0 aliphatic rings. The van der Waals surface area contributed by atoms with Crippen LogP contribution in [0.3, 0.4) is 0 Å². The SMILES string of the molecule is CCC(C)(CC)[Si](C)(OC(C)C)OC(C)C. The van der Waals surface area contributed by atoms with Crippen molar-refractivity contribution in [3.8, 4) is 0 Å². The normalized spacial score (nSPS) is 13.9. The average molecular weight is 246 g/mol. The summed E-state index contributed by atoms with van der Waals surface area (Å²) in [6.45, 7) is 17.4. The Kier molecular flexibility index (Phi) is 6.23. The van der Waals surface area contributed by atoms with Crippen molar-refractivity contribution in [1.29, 1.82) is 0 Å². The van der Waals surface area contributed by atoms with Gasteiger partial charge in [-0.1, -0.05) is 20.8 Å². The summed E-state index contributed by atoms with van der Waals surface area (Å²) in [7, 11) is -2.13. The first-order valence-electron chi connectivity index (χ1n) is 6.56. The summed E-state index contributed by atoms with van der Waals surface area (Å²) in [5.74, 6) is 0. The molecule has 0 aromatic rings. The van der Waals surface area contributed by atoms with E-state index in [2.05, 4.69) is 55.0 Å². The van der Waals surface area contributed by atoms with Gasteiger partial charge in [0.15, 0.2) is 0 Å². The maximum absolute atomic E-state index is 6.21. The van der Waals surface area contributed by atoms with E-state index in [1.807, 2.05) is 0 Å². The molecule has 0 radical (unpaired) electrons. The Morgan fingerprint density at radius 2 is 1.25 bits per heavy atom. The van der Waals surface area contributed by atoms with Gasteiger partial charge in [-0.3, -0.25) is 0 Å². The summed E-state index contributed by atoms with van der Waals surface area (Å²) >= 11 is 0. The maximum Gasteiger partial charge on any atom is 0.341 e. The Morgan fingerprint density at radius 1 is 0.938 bits per heavy atom. The Hall–Kier alpha value is 0.137. The lowest BCUT2D eigenvalue weighted by molar-refractivity contribution is 0.0870. The maximum atomic E-state index is 6.21. The zero-order chi connectivity index (χ0) is 13.0. The van der Waals surface area contributed by atoms with Crippen molar-refractivity contribution in [3.05, 3.63) is 0 Å². The van der Waals surface area contributed by atoms with Crippen LogP contribution in [0, 0.1) is 0 Å². The standard InChI is InChI=1S/C13H30O2Si/c1-9-13(7,10-2)16(8,14-11(3)4)15-12(5)6/h11-12H,9-10H2,1-8H3. The van der Waals surface area contributed by atoms with Crippen LogP contribution in [0.15, 0.2) is 0 Å². The van der Waals surface area contributed by atoms with Crippen molar-refractivity contribution >= 4 is 8.56 Å². The van der Waals surface area contributed by atoms with E-state index in [0.717, 1.165) is 12.8 Å². The van der Waals surface area contributed by atoms with Crippen LogP contribution in [-0.2, 0) is 8.85 Å². The molecule has 0 saturated heterocycles. The quantitative estimate of drug-likeness (QED) is 0.616. The third-order valence-corrected chi connectivity index (χ3v) is 8.32. The van der Waals surface area contributed by atoms with Crippen molar-refractivity contribution in [2.45, 2.75) is 85.1 Å². The largest absolute Gasteiger partial charge is 0.392 e. The van der Waals surface area contributed by atoms with Crippen molar-refractivity contribution in [2.75, 3.05) is 0 Å². The average Bonchev–Trinajstić information content (AvgIpc) is 2.13. The predicted molar refractivity (Wildman–Crippen MR) is 73.0 cm³/mol. The van der Waals surface area contributed by atoms with E-state index in [1.54, 1.807) is 0 Å². The van der Waals surface area contributed by atoms with Crippen molar-refractivity contribution < 1.29 is 8.85 Å². The second-order valence-electron chi connectivity index (χ2n) is 5.55. The number of hydrogen-bond donors (Lipinski definition) is 0. The van der Waals surface area contributed by atoms with Crippen molar-refractivity contribution in [1.82, 2.24) is 0 Å². The highest BCUT2D eigenvalue weighted by molar-refractivity contribution is 6.69. The molecule has 0 rings (SSSR count).